The van der Waals surface area contributed by atoms with Crippen LogP contribution in [0, 0.1) is 0 Å². The molecular weight excluding hydrogens is 228 g/mol. The van der Waals surface area contributed by atoms with Gasteiger partial charge in [0.2, 0.25) is 5.88 Å². The second kappa shape index (κ2) is 5.60. The van der Waals surface area contributed by atoms with Crippen LogP contribution in [0.15, 0.2) is 36.7 Å². The monoisotopic (exact) mass is 244 g/mol. The maximum Gasteiger partial charge on any atom is 0.222 e. The lowest BCUT2D eigenvalue weighted by atomic mass is 10.1. The van der Waals surface area contributed by atoms with Gasteiger partial charge in [-0.2, -0.15) is 0 Å². The lowest BCUT2D eigenvalue weighted by Crippen LogP contribution is -1.96. The Balaban J connectivity index is 2.15. The molecule has 1 aromatic carbocycles. The highest BCUT2D eigenvalue weighted by atomic mass is 16.5. The van der Waals surface area contributed by atoms with Crippen molar-refractivity contribution >= 4 is 0 Å². The number of hydrogen-bond donors (Lipinski definition) is 1. The summed E-state index contributed by atoms with van der Waals surface area (Å²) in [6.45, 7) is 4.18. The molecule has 0 radical (unpaired) electrons. The number of aliphatic hydroxyl groups excluding tert-OH is 1. The Hall–Kier alpha value is -1.94. The Bertz CT molecular complexity index is 509. The van der Waals surface area contributed by atoms with Gasteiger partial charge in [-0.15, -0.1) is 0 Å². The van der Waals surface area contributed by atoms with E-state index in [1.807, 2.05) is 30.3 Å². The van der Waals surface area contributed by atoms with Crippen molar-refractivity contribution < 1.29 is 9.84 Å². The molecule has 4 nitrogen and oxygen atoms in total. The highest BCUT2D eigenvalue weighted by molar-refractivity contribution is 5.30. The number of rotatable bonds is 4. The first-order valence-electron chi connectivity index (χ1n) is 5.88. The zero-order valence-corrected chi connectivity index (χ0v) is 10.5. The number of benzene rings is 1. The van der Waals surface area contributed by atoms with Gasteiger partial charge >= 0.3 is 0 Å². The van der Waals surface area contributed by atoms with Crippen molar-refractivity contribution in [1.29, 1.82) is 0 Å². The Morgan fingerprint density at radius 1 is 1.17 bits per heavy atom. The largest absolute Gasteiger partial charge is 0.439 e. The minimum Gasteiger partial charge on any atom is -0.439 e. The molecular formula is C14H16N2O2. The molecule has 0 unspecified atom stereocenters. The Labute approximate surface area is 106 Å². The molecule has 0 fully saturated rings. The van der Waals surface area contributed by atoms with Crippen LogP contribution in [0.5, 0.6) is 11.6 Å². The van der Waals surface area contributed by atoms with Crippen LogP contribution in [0.4, 0.5) is 0 Å². The Morgan fingerprint density at radius 2 is 1.89 bits per heavy atom. The van der Waals surface area contributed by atoms with Gasteiger partial charge in [0.05, 0.1) is 12.3 Å². The molecule has 4 heteroatoms. The fraction of sp³-hybridized carbons (Fsp3) is 0.286. The third-order valence-corrected chi connectivity index (χ3v) is 2.58. The van der Waals surface area contributed by atoms with E-state index in [0.29, 0.717) is 17.5 Å². The fourth-order valence-corrected chi connectivity index (χ4v) is 1.51. The molecule has 2 aromatic rings. The van der Waals surface area contributed by atoms with E-state index in [0.717, 1.165) is 11.3 Å². The molecule has 94 valence electrons. The van der Waals surface area contributed by atoms with E-state index in [9.17, 15) is 0 Å². The minimum absolute atomic E-state index is 0.0330. The summed E-state index contributed by atoms with van der Waals surface area (Å²) < 4.78 is 5.64. The van der Waals surface area contributed by atoms with E-state index in [1.165, 1.54) is 6.33 Å². The third-order valence-electron chi connectivity index (χ3n) is 2.58. The lowest BCUT2D eigenvalue weighted by Gasteiger charge is -2.08. The summed E-state index contributed by atoms with van der Waals surface area (Å²) in [5, 5.41) is 8.95. The van der Waals surface area contributed by atoms with Gasteiger partial charge in [0.1, 0.15) is 12.1 Å². The van der Waals surface area contributed by atoms with Crippen LogP contribution in [0.25, 0.3) is 0 Å². The molecule has 1 heterocycles. The molecule has 0 aliphatic heterocycles. The van der Waals surface area contributed by atoms with Gasteiger partial charge in [-0.3, -0.25) is 0 Å². The van der Waals surface area contributed by atoms with E-state index in [1.54, 1.807) is 0 Å². The molecule has 2 rings (SSSR count). The van der Waals surface area contributed by atoms with E-state index in [4.69, 9.17) is 9.84 Å². The predicted octanol–water partition coefficient (Wildman–Crippen LogP) is 2.88. The maximum atomic E-state index is 8.95. The van der Waals surface area contributed by atoms with Crippen LogP contribution in [0.3, 0.4) is 0 Å². The van der Waals surface area contributed by atoms with Gasteiger partial charge in [-0.05, 0) is 23.6 Å². The summed E-state index contributed by atoms with van der Waals surface area (Å²) in [4.78, 5) is 8.26. The topological polar surface area (TPSA) is 55.2 Å². The highest BCUT2D eigenvalue weighted by Gasteiger charge is 2.04. The zero-order valence-electron chi connectivity index (χ0n) is 10.5. The van der Waals surface area contributed by atoms with Gasteiger partial charge in [-0.25, -0.2) is 9.97 Å². The maximum absolute atomic E-state index is 8.95. The van der Waals surface area contributed by atoms with Gasteiger partial charge in [0.15, 0.2) is 0 Å². The van der Waals surface area contributed by atoms with Crippen LogP contribution in [0.1, 0.15) is 31.0 Å². The average Bonchev–Trinajstić information content (AvgIpc) is 2.40. The second-order valence-corrected chi connectivity index (χ2v) is 4.34. The molecule has 0 aliphatic carbocycles. The zero-order chi connectivity index (χ0) is 13.0. The van der Waals surface area contributed by atoms with Crippen molar-refractivity contribution in [3.05, 3.63) is 47.9 Å². The third kappa shape index (κ3) is 3.05. The van der Waals surface area contributed by atoms with Crippen LogP contribution in [-0.4, -0.2) is 15.1 Å². The van der Waals surface area contributed by atoms with Crippen molar-refractivity contribution in [1.82, 2.24) is 9.97 Å². The van der Waals surface area contributed by atoms with Gasteiger partial charge < -0.3 is 9.84 Å². The Morgan fingerprint density at radius 3 is 2.50 bits per heavy atom. The summed E-state index contributed by atoms with van der Waals surface area (Å²) >= 11 is 0. The van der Waals surface area contributed by atoms with Crippen molar-refractivity contribution in [3.8, 4) is 11.6 Å². The molecule has 0 amide bonds. The van der Waals surface area contributed by atoms with Crippen molar-refractivity contribution in [2.75, 3.05) is 0 Å². The second-order valence-electron chi connectivity index (χ2n) is 4.34. The van der Waals surface area contributed by atoms with Crippen molar-refractivity contribution in [2.24, 2.45) is 0 Å². The minimum atomic E-state index is 0.0330. The van der Waals surface area contributed by atoms with Crippen molar-refractivity contribution in [2.45, 2.75) is 26.4 Å². The fourth-order valence-electron chi connectivity index (χ4n) is 1.51. The standard InChI is InChI=1S/C14H16N2O2/c1-10(2)13-7-14(16-9-15-13)18-12-5-3-11(8-17)4-6-12/h3-7,9-10,17H,8H2,1-2H3. The number of aliphatic hydroxyl groups is 1. The molecule has 0 saturated heterocycles. The molecule has 0 bridgehead atoms. The average molecular weight is 244 g/mol. The molecule has 0 aliphatic rings. The van der Waals surface area contributed by atoms with Crippen LogP contribution < -0.4 is 4.74 Å². The van der Waals surface area contributed by atoms with Gasteiger partial charge in [0, 0.05) is 6.07 Å². The quantitative estimate of drug-likeness (QED) is 0.898. The summed E-state index contributed by atoms with van der Waals surface area (Å²) in [7, 11) is 0. The SMILES string of the molecule is CC(C)c1cc(Oc2ccc(CO)cc2)ncn1. The number of ether oxygens (including phenoxy) is 1. The normalized spacial score (nSPS) is 10.7. The molecule has 18 heavy (non-hydrogen) atoms. The molecule has 0 spiro atoms. The van der Waals surface area contributed by atoms with E-state index >= 15 is 0 Å². The van der Waals surface area contributed by atoms with E-state index in [-0.39, 0.29) is 6.61 Å². The smallest absolute Gasteiger partial charge is 0.222 e. The summed E-state index contributed by atoms with van der Waals surface area (Å²) in [5.41, 5.74) is 1.81. The van der Waals surface area contributed by atoms with Crippen LogP contribution >= 0.6 is 0 Å². The summed E-state index contributed by atoms with van der Waals surface area (Å²) in [6, 6.07) is 9.09. The van der Waals surface area contributed by atoms with Crippen LogP contribution in [-0.2, 0) is 6.61 Å². The Kier molecular flexibility index (Phi) is 3.89. The highest BCUT2D eigenvalue weighted by Crippen LogP contribution is 2.22. The summed E-state index contributed by atoms with van der Waals surface area (Å²) in [5.74, 6) is 1.57. The lowest BCUT2D eigenvalue weighted by molar-refractivity contribution is 0.281. The summed E-state index contributed by atoms with van der Waals surface area (Å²) in [6.07, 6.45) is 1.51. The van der Waals surface area contributed by atoms with E-state index < -0.39 is 0 Å². The molecule has 1 N–H and O–H groups in total. The van der Waals surface area contributed by atoms with Gasteiger partial charge in [0.25, 0.3) is 0 Å². The molecule has 0 atom stereocenters. The number of nitrogens with zero attached hydrogens (tertiary/aromatic N) is 2. The first-order valence-corrected chi connectivity index (χ1v) is 5.88. The van der Waals surface area contributed by atoms with Gasteiger partial charge in [-0.1, -0.05) is 26.0 Å². The number of aromatic nitrogens is 2. The van der Waals surface area contributed by atoms with E-state index in [2.05, 4.69) is 23.8 Å². The first-order chi connectivity index (χ1) is 8.69. The number of hydrogen-bond acceptors (Lipinski definition) is 4. The molecule has 0 saturated carbocycles. The molecule has 1 aromatic heterocycles. The van der Waals surface area contributed by atoms with Crippen LogP contribution in [0.2, 0.25) is 0 Å². The first kappa shape index (κ1) is 12.5. The van der Waals surface area contributed by atoms with Crippen molar-refractivity contribution in [3.63, 3.8) is 0 Å². The predicted molar refractivity (Wildman–Crippen MR) is 68.6 cm³/mol.